The second-order valence-electron chi connectivity index (χ2n) is 20.6. The molecule has 2 spiro atoms. The summed E-state index contributed by atoms with van der Waals surface area (Å²) >= 11 is 11.8. The Labute approximate surface area is 453 Å². The third-order valence-corrected chi connectivity index (χ3v) is 15.8. The van der Waals surface area contributed by atoms with Gasteiger partial charge in [-0.25, -0.2) is 8.78 Å². The highest BCUT2D eigenvalue weighted by Crippen LogP contribution is 2.49. The quantitative estimate of drug-likeness (QED) is 0.0871. The number of benzene rings is 4. The molecule has 402 valence electrons. The first kappa shape index (κ1) is 54.8. The molecule has 2 saturated carbocycles. The molecule has 0 bridgehead atoms. The standard InChI is InChI=1S/C30H30ClFN2O5.C29H28ClFN2O5/c1-33-18-30(13-20(14-30)16-38-2)34-15-22(24(35)12-11-21-9-6-10-23(31)25(21)32)27(36)28(26(34)29(33)37)39-17-19-7-4-3-5-8-19;1-32-17-29(12-19(13-29)15-34)33-14-21(23(35)11-10-20-8-5-9-22(30)24(20)31)26(36)27(25(33)28(32)37)38-16-18-6-3-2-4-7-18/h3-10,15,20H,11-14,16-18H2,1-2H3;2-9,14,19,34H,10-13,15-17H2,1H3. The van der Waals surface area contributed by atoms with Crippen LogP contribution < -0.4 is 20.3 Å². The van der Waals surface area contributed by atoms with E-state index in [1.54, 1.807) is 64.4 Å². The van der Waals surface area contributed by atoms with Crippen molar-refractivity contribution < 1.29 is 47.3 Å². The zero-order valence-electron chi connectivity index (χ0n) is 42.9. The molecule has 10 rings (SSSR count). The number of ketones is 2. The molecule has 2 fully saturated rings. The van der Waals surface area contributed by atoms with Crippen LogP contribution in [-0.2, 0) is 41.9 Å². The van der Waals surface area contributed by atoms with Crippen molar-refractivity contribution in [3.63, 3.8) is 0 Å². The number of aliphatic hydroxyl groups is 1. The topological polar surface area (TPSA) is 167 Å². The summed E-state index contributed by atoms with van der Waals surface area (Å²) in [5, 5.41) is 9.62. The molecule has 14 nitrogen and oxygen atoms in total. The smallest absolute Gasteiger partial charge is 0.274 e. The van der Waals surface area contributed by atoms with E-state index in [-0.39, 0.29) is 113 Å². The molecule has 0 radical (unpaired) electrons. The van der Waals surface area contributed by atoms with Gasteiger partial charge in [0.2, 0.25) is 10.9 Å². The average molecular weight is 1090 g/mol. The number of halogens is 4. The molecule has 18 heteroatoms. The summed E-state index contributed by atoms with van der Waals surface area (Å²) in [6.07, 6.45) is 5.54. The monoisotopic (exact) mass is 1090 g/mol. The van der Waals surface area contributed by atoms with Gasteiger partial charge in [0.05, 0.1) is 32.3 Å². The lowest BCUT2D eigenvalue weighted by Crippen LogP contribution is -2.60. The van der Waals surface area contributed by atoms with Crippen molar-refractivity contribution in [2.75, 3.05) is 47.5 Å². The number of carbonyl (C=O) groups is 4. The number of aryl methyl sites for hydroxylation is 2. The molecule has 6 aromatic rings. The van der Waals surface area contributed by atoms with Gasteiger partial charge in [-0.3, -0.25) is 28.8 Å². The third-order valence-electron chi connectivity index (χ3n) is 15.2. The second-order valence-corrected chi connectivity index (χ2v) is 21.4. The van der Waals surface area contributed by atoms with Crippen LogP contribution in [0, 0.1) is 23.5 Å². The van der Waals surface area contributed by atoms with E-state index in [1.807, 2.05) is 60.7 Å². The lowest BCUT2D eigenvalue weighted by atomic mass is 9.67. The van der Waals surface area contributed by atoms with Crippen LogP contribution in [0.3, 0.4) is 0 Å². The predicted octanol–water partition coefficient (Wildman–Crippen LogP) is 9.09. The maximum Gasteiger partial charge on any atom is 0.274 e. The highest BCUT2D eigenvalue weighted by Gasteiger charge is 2.53. The van der Waals surface area contributed by atoms with Crippen molar-refractivity contribution in [1.29, 1.82) is 0 Å². The first-order valence-electron chi connectivity index (χ1n) is 25.4. The van der Waals surface area contributed by atoms with E-state index >= 15 is 0 Å². The minimum Gasteiger partial charge on any atom is -0.483 e. The first-order valence-corrected chi connectivity index (χ1v) is 26.2. The van der Waals surface area contributed by atoms with Crippen LogP contribution in [-0.4, -0.2) is 94.9 Å². The number of likely N-dealkylation sites (N-methyl/N-ethyl adjacent to an activating group) is 2. The number of Topliss-reactive ketones (excluding diaryl/α,β-unsaturated/α-hetero) is 2. The van der Waals surface area contributed by atoms with Crippen LogP contribution in [0.15, 0.2) is 119 Å². The minimum atomic E-state index is -0.666. The van der Waals surface area contributed by atoms with E-state index in [9.17, 15) is 42.7 Å². The Morgan fingerprint density at radius 1 is 0.610 bits per heavy atom. The number of hydrogen-bond donors (Lipinski definition) is 1. The van der Waals surface area contributed by atoms with Crippen molar-refractivity contribution in [2.24, 2.45) is 11.8 Å². The highest BCUT2D eigenvalue weighted by molar-refractivity contribution is 6.31. The van der Waals surface area contributed by atoms with E-state index in [0.29, 0.717) is 44.0 Å². The summed E-state index contributed by atoms with van der Waals surface area (Å²) in [4.78, 5) is 84.1. The van der Waals surface area contributed by atoms with Gasteiger partial charge in [0.15, 0.2) is 34.5 Å². The van der Waals surface area contributed by atoms with E-state index in [4.69, 9.17) is 37.4 Å². The van der Waals surface area contributed by atoms with E-state index in [0.717, 1.165) is 24.0 Å². The zero-order chi connectivity index (χ0) is 54.8. The summed E-state index contributed by atoms with van der Waals surface area (Å²) in [5.74, 6) is -2.76. The molecule has 0 saturated heterocycles. The molecule has 1 N–H and O–H groups in total. The van der Waals surface area contributed by atoms with Gasteiger partial charge in [0.1, 0.15) is 24.8 Å². The average Bonchev–Trinajstić information content (AvgIpc) is 3.48. The SMILES string of the molecule is CN1CC2(CC(CO)C2)n2cc(C(=O)CCc3cccc(Cl)c3F)c(=O)c(OCc3ccccc3)c2C1=O.COCC1CC2(C1)CN(C)C(=O)c1c(OCc3ccccc3)c(=O)c(C(=O)CCc3cccc(Cl)c3F)cn12. The van der Waals surface area contributed by atoms with Gasteiger partial charge < -0.3 is 38.3 Å². The summed E-state index contributed by atoms with van der Waals surface area (Å²) < 4.78 is 49.7. The largest absolute Gasteiger partial charge is 0.483 e. The summed E-state index contributed by atoms with van der Waals surface area (Å²) in [7, 11) is 5.03. The Bertz CT molecular complexity index is 3360. The van der Waals surface area contributed by atoms with Crippen LogP contribution in [0.5, 0.6) is 11.5 Å². The lowest BCUT2D eigenvalue weighted by molar-refractivity contribution is -0.0192. The van der Waals surface area contributed by atoms with Gasteiger partial charge in [-0.1, -0.05) is 108 Å². The Morgan fingerprint density at radius 3 is 1.40 bits per heavy atom. The maximum absolute atomic E-state index is 14.4. The van der Waals surface area contributed by atoms with Gasteiger partial charge in [-0.05, 0) is 84.7 Å². The number of ether oxygens (including phenoxy) is 3. The Morgan fingerprint density at radius 2 is 1.01 bits per heavy atom. The minimum absolute atomic E-state index is 0.0172. The number of nitrogens with zero attached hydrogens (tertiary/aromatic N) is 4. The van der Waals surface area contributed by atoms with Crippen LogP contribution in [0.2, 0.25) is 10.0 Å². The van der Waals surface area contributed by atoms with E-state index in [2.05, 4.69) is 0 Å². The molecule has 2 aliphatic heterocycles. The van der Waals surface area contributed by atoms with Gasteiger partial charge in [-0.15, -0.1) is 0 Å². The fourth-order valence-corrected chi connectivity index (χ4v) is 11.8. The number of methoxy groups -OCH3 is 1. The van der Waals surface area contributed by atoms with Gasteiger partial charge in [-0.2, -0.15) is 0 Å². The maximum atomic E-state index is 14.4. The second kappa shape index (κ2) is 22.9. The lowest BCUT2D eigenvalue weighted by Gasteiger charge is -2.54. The van der Waals surface area contributed by atoms with Crippen LogP contribution in [0.1, 0.15) is 102 Å². The molecule has 4 heterocycles. The molecular weight excluding hydrogens is 1030 g/mol. The highest BCUT2D eigenvalue weighted by atomic mass is 35.5. The summed E-state index contributed by atoms with van der Waals surface area (Å²) in [6.45, 7) is 1.54. The van der Waals surface area contributed by atoms with Crippen LogP contribution >= 0.6 is 23.2 Å². The van der Waals surface area contributed by atoms with Crippen molar-refractivity contribution >= 4 is 46.6 Å². The van der Waals surface area contributed by atoms with Crippen molar-refractivity contribution in [3.8, 4) is 11.5 Å². The Balaban J connectivity index is 0.000000188. The fourth-order valence-electron chi connectivity index (χ4n) is 11.4. The number of aliphatic hydroxyl groups excluding tert-OH is 1. The molecule has 0 unspecified atom stereocenters. The van der Waals surface area contributed by atoms with Crippen LogP contribution in [0.25, 0.3) is 0 Å². The van der Waals surface area contributed by atoms with Gasteiger partial charge in [0, 0.05) is 72.7 Å². The normalized spacial score (nSPS) is 20.2. The predicted molar refractivity (Wildman–Crippen MR) is 285 cm³/mol. The molecular formula is C59H58Cl2F2N4O10. The molecule has 0 atom stereocenters. The number of amides is 2. The Hall–Kier alpha value is -6.98. The first-order chi connectivity index (χ1) is 37.0. The summed E-state index contributed by atoms with van der Waals surface area (Å²) in [5.41, 5.74) is -0.0713. The fraction of sp³-hybridized carbons (Fsp3) is 0.356. The van der Waals surface area contributed by atoms with E-state index < -0.39 is 45.1 Å². The van der Waals surface area contributed by atoms with Gasteiger partial charge >= 0.3 is 0 Å². The molecule has 2 amide bonds. The zero-order valence-corrected chi connectivity index (χ0v) is 44.4. The van der Waals surface area contributed by atoms with Gasteiger partial charge in [0.25, 0.3) is 11.8 Å². The molecule has 4 aromatic carbocycles. The third kappa shape index (κ3) is 11.0. The number of rotatable bonds is 17. The van der Waals surface area contributed by atoms with E-state index in [1.165, 1.54) is 24.5 Å². The number of carbonyl (C=O) groups excluding carboxylic acids is 4. The van der Waals surface area contributed by atoms with Crippen LogP contribution in [0.4, 0.5) is 8.78 Å². The number of fused-ring (bicyclic) bond motifs is 4. The van der Waals surface area contributed by atoms with Crippen molar-refractivity contribution in [2.45, 2.75) is 75.7 Å². The van der Waals surface area contributed by atoms with Crippen molar-refractivity contribution in [1.82, 2.24) is 18.9 Å². The van der Waals surface area contributed by atoms with Crippen molar-refractivity contribution in [3.05, 3.63) is 196 Å². The molecule has 4 aliphatic rings. The molecule has 2 aromatic heterocycles. The number of aromatic nitrogens is 2. The Kier molecular flexibility index (Phi) is 16.3. The number of pyridine rings is 2. The summed E-state index contributed by atoms with van der Waals surface area (Å²) in [6, 6.07) is 27.7. The molecule has 2 aliphatic carbocycles. The number of hydrogen-bond acceptors (Lipinski definition) is 10. The molecule has 77 heavy (non-hydrogen) atoms.